The van der Waals surface area contributed by atoms with E-state index in [4.69, 9.17) is 9.29 Å². The number of nitrogens with zero attached hydrogens (tertiary/aromatic N) is 4. The van der Waals surface area contributed by atoms with Crippen molar-refractivity contribution in [1.29, 1.82) is 0 Å². The molecular weight excluding hydrogens is 418 g/mol. The Morgan fingerprint density at radius 1 is 1.17 bits per heavy atom. The summed E-state index contributed by atoms with van der Waals surface area (Å²) in [7, 11) is -4.45. The summed E-state index contributed by atoms with van der Waals surface area (Å²) in [6, 6.07) is 0. The van der Waals surface area contributed by atoms with Gasteiger partial charge in [-0.3, -0.25) is 9.12 Å². The molecule has 0 bridgehead atoms. The maximum absolute atomic E-state index is 10.9. The summed E-state index contributed by atoms with van der Waals surface area (Å²) in [4.78, 5) is 12.8. The summed E-state index contributed by atoms with van der Waals surface area (Å²) < 4.78 is 39.5. The summed E-state index contributed by atoms with van der Waals surface area (Å²) in [5.41, 5.74) is 0.897. The van der Waals surface area contributed by atoms with Gasteiger partial charge in [0.05, 0.1) is 6.33 Å². The van der Waals surface area contributed by atoms with Crippen molar-refractivity contribution in [2.24, 2.45) is 5.92 Å². The fourth-order valence-electron chi connectivity index (χ4n) is 3.81. The minimum Gasteiger partial charge on any atom is -0.387 e. The first kappa shape index (κ1) is 21.3. The molecule has 0 amide bonds. The lowest BCUT2D eigenvalue weighted by atomic mass is 9.98. The van der Waals surface area contributed by atoms with Gasteiger partial charge in [-0.1, -0.05) is 0 Å². The predicted molar refractivity (Wildman–Crippen MR) is 105 cm³/mol. The highest BCUT2D eigenvalue weighted by molar-refractivity contribution is 7.83. The number of imidazole rings is 1. The lowest BCUT2D eigenvalue weighted by molar-refractivity contribution is -0.0331. The largest absolute Gasteiger partial charge is 0.387 e. The van der Waals surface area contributed by atoms with Crippen molar-refractivity contribution in [3.05, 3.63) is 12.7 Å². The van der Waals surface area contributed by atoms with Crippen LogP contribution in [-0.4, -0.2) is 87.2 Å². The van der Waals surface area contributed by atoms with E-state index >= 15 is 0 Å². The predicted octanol–water partition coefficient (Wildman–Crippen LogP) is -1.75. The minimum atomic E-state index is -4.45. The second-order valence-electron chi connectivity index (χ2n) is 7.49. The van der Waals surface area contributed by atoms with Crippen molar-refractivity contribution in [3.8, 4) is 0 Å². The van der Waals surface area contributed by atoms with Crippen LogP contribution in [-0.2, 0) is 15.0 Å². The zero-order chi connectivity index (χ0) is 21.3. The number of aliphatic hydroxyl groups excluding tert-OH is 2. The van der Waals surface area contributed by atoms with Gasteiger partial charge in [0.1, 0.15) is 24.6 Å². The molecule has 2 aromatic heterocycles. The molecule has 2 fully saturated rings. The summed E-state index contributed by atoms with van der Waals surface area (Å²) in [6.07, 6.45) is 0.129. The summed E-state index contributed by atoms with van der Waals surface area (Å²) >= 11 is 0. The molecule has 2 aliphatic rings. The van der Waals surface area contributed by atoms with E-state index in [-0.39, 0.29) is 0 Å². The Kier molecular flexibility index (Phi) is 6.15. The molecule has 0 spiro atoms. The molecule has 2 aromatic rings. The van der Waals surface area contributed by atoms with Gasteiger partial charge in [-0.05, 0) is 31.8 Å². The van der Waals surface area contributed by atoms with Gasteiger partial charge in [-0.25, -0.2) is 15.0 Å². The van der Waals surface area contributed by atoms with Gasteiger partial charge in [0.15, 0.2) is 23.2 Å². The van der Waals surface area contributed by atoms with Crippen molar-refractivity contribution < 1.29 is 27.9 Å². The molecular formula is C16H25N7O6S. The normalized spacial score (nSPS) is 28.2. The second kappa shape index (κ2) is 8.66. The number of rotatable bonds is 7. The Balaban J connectivity index is 1.50. The highest BCUT2D eigenvalue weighted by Crippen LogP contribution is 2.32. The van der Waals surface area contributed by atoms with Gasteiger partial charge < -0.3 is 25.6 Å². The number of piperidine rings is 1. The lowest BCUT2D eigenvalue weighted by Gasteiger charge is -2.23. The number of aliphatic hydroxyl groups is 2. The molecule has 4 heterocycles. The Labute approximate surface area is 172 Å². The van der Waals surface area contributed by atoms with Gasteiger partial charge in [0, 0.05) is 13.1 Å². The van der Waals surface area contributed by atoms with Crippen LogP contribution in [0.25, 0.3) is 11.2 Å². The first-order valence-corrected chi connectivity index (χ1v) is 11.1. The van der Waals surface area contributed by atoms with E-state index in [2.05, 4.69) is 25.6 Å². The number of anilines is 1. The van der Waals surface area contributed by atoms with Crippen LogP contribution in [0.1, 0.15) is 19.1 Å². The smallest absolute Gasteiger partial charge is 0.333 e. The molecule has 0 aromatic carbocycles. The molecule has 2 aliphatic heterocycles. The quantitative estimate of drug-likeness (QED) is 0.267. The first-order valence-electron chi connectivity index (χ1n) is 9.69. The average molecular weight is 443 g/mol. The van der Waals surface area contributed by atoms with Crippen LogP contribution in [0.5, 0.6) is 0 Å². The van der Waals surface area contributed by atoms with E-state index in [1.807, 2.05) is 4.72 Å². The Bertz CT molecular complexity index is 980. The fraction of sp³-hybridized carbons (Fsp3) is 0.688. The molecule has 13 nitrogen and oxygen atoms in total. The lowest BCUT2D eigenvalue weighted by Crippen LogP contribution is -2.39. The topological polar surface area (TPSA) is 184 Å². The average Bonchev–Trinajstić information content (AvgIpc) is 3.27. The van der Waals surface area contributed by atoms with Crippen molar-refractivity contribution in [2.45, 2.75) is 37.4 Å². The minimum absolute atomic E-state index is 0.400. The van der Waals surface area contributed by atoms with E-state index in [0.717, 1.165) is 32.5 Å². The van der Waals surface area contributed by atoms with E-state index < -0.39 is 41.4 Å². The van der Waals surface area contributed by atoms with Crippen LogP contribution in [0.3, 0.4) is 0 Å². The van der Waals surface area contributed by atoms with Crippen LogP contribution >= 0.6 is 0 Å². The zero-order valence-electron chi connectivity index (χ0n) is 16.0. The molecule has 0 aliphatic carbocycles. The highest BCUT2D eigenvalue weighted by Gasteiger charge is 2.44. The monoisotopic (exact) mass is 443 g/mol. The van der Waals surface area contributed by atoms with Gasteiger partial charge >= 0.3 is 10.3 Å². The van der Waals surface area contributed by atoms with E-state index in [9.17, 15) is 18.6 Å². The maximum atomic E-state index is 10.9. The first-order chi connectivity index (χ1) is 14.3. The van der Waals surface area contributed by atoms with E-state index in [0.29, 0.717) is 22.9 Å². The van der Waals surface area contributed by atoms with Crippen LogP contribution in [0.2, 0.25) is 0 Å². The Morgan fingerprint density at radius 2 is 1.93 bits per heavy atom. The van der Waals surface area contributed by atoms with Gasteiger partial charge in [-0.15, -0.1) is 0 Å². The van der Waals surface area contributed by atoms with Crippen LogP contribution in [0.15, 0.2) is 12.7 Å². The third-order valence-corrected chi connectivity index (χ3v) is 5.99. The molecule has 0 saturated carbocycles. The van der Waals surface area contributed by atoms with Crippen LogP contribution in [0.4, 0.5) is 5.82 Å². The van der Waals surface area contributed by atoms with E-state index in [1.165, 1.54) is 17.2 Å². The standard InChI is InChI=1S/C16H25N7O6S/c24-12-10(6-22-30(26,27)28)29-16(13(12)25)23-8-21-11-14(19-7-20-15(11)23)18-5-9-1-3-17-4-2-9/h7-10,12-13,16-17,22,24-25H,1-6H2,(H,18,19,20)(H,26,27,28)/t10-,12-,13-,16-/m1/s1. The molecule has 6 N–H and O–H groups in total. The third-order valence-electron chi connectivity index (χ3n) is 5.45. The summed E-state index contributed by atoms with van der Waals surface area (Å²) in [5, 5.41) is 27.2. The van der Waals surface area contributed by atoms with Crippen molar-refractivity contribution in [3.63, 3.8) is 0 Å². The zero-order valence-corrected chi connectivity index (χ0v) is 16.9. The number of hydrogen-bond acceptors (Lipinski definition) is 10. The van der Waals surface area contributed by atoms with Gasteiger partial charge in [0.2, 0.25) is 0 Å². The van der Waals surface area contributed by atoms with Crippen LogP contribution < -0.4 is 15.4 Å². The Hall–Kier alpha value is -1.94. The maximum Gasteiger partial charge on any atom is 0.333 e. The van der Waals surface area contributed by atoms with Gasteiger partial charge in [-0.2, -0.15) is 13.1 Å². The molecule has 166 valence electrons. The number of hydrogen-bond donors (Lipinski definition) is 6. The fourth-order valence-corrected chi connectivity index (χ4v) is 4.18. The molecule has 30 heavy (non-hydrogen) atoms. The van der Waals surface area contributed by atoms with Crippen LogP contribution in [0, 0.1) is 5.92 Å². The third kappa shape index (κ3) is 4.54. The number of fused-ring (bicyclic) bond motifs is 1. The van der Waals surface area contributed by atoms with E-state index in [1.54, 1.807) is 0 Å². The van der Waals surface area contributed by atoms with Crippen molar-refractivity contribution in [1.82, 2.24) is 29.6 Å². The highest BCUT2D eigenvalue weighted by atomic mass is 32.2. The molecule has 0 unspecified atom stereocenters. The molecule has 4 atom stereocenters. The molecule has 2 saturated heterocycles. The van der Waals surface area contributed by atoms with Gasteiger partial charge in [0.25, 0.3) is 0 Å². The molecule has 14 heteroatoms. The number of ether oxygens (including phenoxy) is 1. The second-order valence-corrected chi connectivity index (χ2v) is 8.73. The SMILES string of the molecule is O=S(=O)(O)NC[C@H]1O[C@@H](n2cnc3c(NCC4CCNCC4)ncnc32)[C@H](O)[C@@H]1O. The van der Waals surface area contributed by atoms with Crippen molar-refractivity contribution in [2.75, 3.05) is 31.5 Å². The molecule has 0 radical (unpaired) electrons. The number of nitrogens with one attached hydrogen (secondary N) is 3. The summed E-state index contributed by atoms with van der Waals surface area (Å²) in [6.45, 7) is 2.34. The van der Waals surface area contributed by atoms with Crippen molar-refractivity contribution >= 4 is 27.3 Å². The number of aromatic nitrogens is 4. The summed E-state index contributed by atoms with van der Waals surface area (Å²) in [5.74, 6) is 1.10. The molecule has 4 rings (SSSR count). The Morgan fingerprint density at radius 3 is 2.67 bits per heavy atom.